The Morgan fingerprint density at radius 2 is 1.49 bits per heavy atom. The van der Waals surface area contributed by atoms with Crippen molar-refractivity contribution in [2.75, 3.05) is 33.3 Å². The summed E-state index contributed by atoms with van der Waals surface area (Å²) in [5.41, 5.74) is 1.96. The first-order chi connectivity index (χ1) is 19.5. The van der Waals surface area contributed by atoms with Crippen LogP contribution in [0.15, 0.2) is 77.7 Å². The molecule has 13 nitrogen and oxygen atoms in total. The molecule has 3 aromatic carbocycles. The van der Waals surface area contributed by atoms with E-state index in [0.717, 1.165) is 11.1 Å². The van der Waals surface area contributed by atoms with Crippen LogP contribution in [0.1, 0.15) is 11.1 Å². The quantitative estimate of drug-likeness (QED) is 0.214. The van der Waals surface area contributed by atoms with Crippen LogP contribution in [0.25, 0.3) is 0 Å². The number of non-ortho nitro benzene ring substituents is 1. The van der Waals surface area contributed by atoms with Gasteiger partial charge in [-0.25, -0.2) is 18.0 Å². The number of carboxylic acid groups (broad SMARTS) is 2. The predicted octanol–water partition coefficient (Wildman–Crippen LogP) is 2.84. The van der Waals surface area contributed by atoms with Gasteiger partial charge in [-0.15, -0.1) is 0 Å². The molecule has 0 radical (unpaired) electrons. The third kappa shape index (κ3) is 8.73. The third-order valence-corrected chi connectivity index (χ3v) is 7.98. The largest absolute Gasteiger partial charge is 0.493 e. The summed E-state index contributed by atoms with van der Waals surface area (Å²) in [6.45, 7) is 2.90. The van der Waals surface area contributed by atoms with E-state index in [-0.39, 0.29) is 10.6 Å². The maximum atomic E-state index is 12.9. The lowest BCUT2D eigenvalue weighted by Crippen LogP contribution is -2.48. The summed E-state index contributed by atoms with van der Waals surface area (Å²) in [7, 11) is -2.10. The molecule has 0 aromatic heterocycles. The molecule has 1 heterocycles. The molecule has 3 aromatic rings. The van der Waals surface area contributed by atoms with Crippen molar-refractivity contribution in [3.05, 3.63) is 94.0 Å². The first kappa shape index (κ1) is 31.0. The Kier molecular flexibility index (Phi) is 10.7. The van der Waals surface area contributed by atoms with E-state index >= 15 is 0 Å². The summed E-state index contributed by atoms with van der Waals surface area (Å²) in [6.07, 6.45) is 0. The van der Waals surface area contributed by atoms with E-state index in [4.69, 9.17) is 29.3 Å². The van der Waals surface area contributed by atoms with E-state index < -0.39 is 26.9 Å². The van der Waals surface area contributed by atoms with Crippen LogP contribution in [-0.2, 0) is 32.8 Å². The van der Waals surface area contributed by atoms with Gasteiger partial charge in [0.1, 0.15) is 6.61 Å². The van der Waals surface area contributed by atoms with Gasteiger partial charge in [0.2, 0.25) is 10.0 Å². The van der Waals surface area contributed by atoms with Gasteiger partial charge in [0, 0.05) is 44.9 Å². The number of nitro benzene ring substituents is 1. The lowest BCUT2D eigenvalue weighted by atomic mass is 10.1. The van der Waals surface area contributed by atoms with Crippen LogP contribution >= 0.6 is 0 Å². The number of nitro groups is 1. The van der Waals surface area contributed by atoms with Crippen LogP contribution in [0.2, 0.25) is 0 Å². The van der Waals surface area contributed by atoms with Crippen molar-refractivity contribution in [3.8, 4) is 11.5 Å². The molecular formula is C27H29N3O10S. The smallest absolute Gasteiger partial charge is 0.414 e. The van der Waals surface area contributed by atoms with Crippen LogP contribution < -0.4 is 9.47 Å². The molecule has 0 unspecified atom stereocenters. The van der Waals surface area contributed by atoms with Crippen LogP contribution in [0.4, 0.5) is 5.69 Å². The van der Waals surface area contributed by atoms with Gasteiger partial charge in [-0.2, -0.15) is 4.31 Å². The zero-order chi connectivity index (χ0) is 30.0. The number of carboxylic acids is 2. The van der Waals surface area contributed by atoms with Crippen molar-refractivity contribution in [1.82, 2.24) is 9.21 Å². The van der Waals surface area contributed by atoms with E-state index in [0.29, 0.717) is 50.8 Å². The first-order valence-corrected chi connectivity index (χ1v) is 13.7. The van der Waals surface area contributed by atoms with Gasteiger partial charge in [0.05, 0.1) is 16.9 Å². The molecule has 1 fully saturated rings. The van der Waals surface area contributed by atoms with Crippen LogP contribution in [-0.4, -0.2) is 78.0 Å². The Morgan fingerprint density at radius 3 is 2.02 bits per heavy atom. The molecule has 4 rings (SSSR count). The second kappa shape index (κ2) is 14.2. The number of carbonyl (C=O) groups is 2. The second-order valence-corrected chi connectivity index (χ2v) is 10.7. The highest BCUT2D eigenvalue weighted by Crippen LogP contribution is 2.30. The van der Waals surface area contributed by atoms with E-state index in [1.165, 1.54) is 28.6 Å². The second-order valence-electron chi connectivity index (χ2n) is 8.80. The fourth-order valence-corrected chi connectivity index (χ4v) is 5.36. The van der Waals surface area contributed by atoms with Crippen LogP contribution in [0.3, 0.4) is 0 Å². The molecule has 0 bridgehead atoms. The Morgan fingerprint density at radius 1 is 0.878 bits per heavy atom. The molecule has 2 N–H and O–H groups in total. The Labute approximate surface area is 236 Å². The highest BCUT2D eigenvalue weighted by molar-refractivity contribution is 7.89. The molecule has 0 saturated carbocycles. The fraction of sp³-hybridized carbons (Fsp3) is 0.259. The number of nitrogens with zero attached hydrogens (tertiary/aromatic N) is 3. The Bertz CT molecular complexity index is 1440. The maximum Gasteiger partial charge on any atom is 0.414 e. The van der Waals surface area contributed by atoms with Gasteiger partial charge >= 0.3 is 11.9 Å². The number of methoxy groups -OCH3 is 1. The van der Waals surface area contributed by atoms with E-state index in [1.54, 1.807) is 7.11 Å². The van der Waals surface area contributed by atoms with E-state index in [2.05, 4.69) is 4.90 Å². The van der Waals surface area contributed by atoms with Crippen LogP contribution in [0, 0.1) is 10.1 Å². The average molecular weight is 588 g/mol. The molecular weight excluding hydrogens is 558 g/mol. The van der Waals surface area contributed by atoms with Gasteiger partial charge in [-0.05, 0) is 35.4 Å². The number of sulfonamides is 1. The number of piperazine rings is 1. The minimum atomic E-state index is -3.70. The van der Waals surface area contributed by atoms with Crippen molar-refractivity contribution in [1.29, 1.82) is 0 Å². The SMILES string of the molecule is COc1ccc(CN2CCN(S(=O)(=O)c3ccc([N+](=O)[O-])cc3)CC2)cc1OCc1ccccc1.O=C(O)C(=O)O. The first-order valence-electron chi connectivity index (χ1n) is 12.3. The molecule has 1 saturated heterocycles. The molecule has 1 aliphatic heterocycles. The molecule has 14 heteroatoms. The number of hydrogen-bond donors (Lipinski definition) is 2. The third-order valence-electron chi connectivity index (χ3n) is 6.07. The predicted molar refractivity (Wildman–Crippen MR) is 146 cm³/mol. The minimum absolute atomic E-state index is 0.0620. The maximum absolute atomic E-state index is 12.9. The molecule has 1 aliphatic rings. The molecule has 41 heavy (non-hydrogen) atoms. The Hall–Kier alpha value is -4.53. The minimum Gasteiger partial charge on any atom is -0.493 e. The van der Waals surface area contributed by atoms with Gasteiger partial charge in [-0.3, -0.25) is 15.0 Å². The summed E-state index contributed by atoms with van der Waals surface area (Å²) in [5, 5.41) is 25.6. The number of rotatable bonds is 9. The zero-order valence-electron chi connectivity index (χ0n) is 22.1. The zero-order valence-corrected chi connectivity index (χ0v) is 22.9. The summed E-state index contributed by atoms with van der Waals surface area (Å²) in [4.78, 5) is 30.7. The lowest BCUT2D eigenvalue weighted by molar-refractivity contribution is -0.384. The summed E-state index contributed by atoms with van der Waals surface area (Å²) >= 11 is 0. The highest BCUT2D eigenvalue weighted by Gasteiger charge is 2.29. The van der Waals surface area contributed by atoms with Crippen LogP contribution in [0.5, 0.6) is 11.5 Å². The summed E-state index contributed by atoms with van der Waals surface area (Å²) in [6, 6.07) is 20.7. The van der Waals surface area contributed by atoms with E-state index in [9.17, 15) is 18.5 Å². The van der Waals surface area contributed by atoms with Gasteiger partial charge in [-0.1, -0.05) is 36.4 Å². The molecule has 0 aliphatic carbocycles. The van der Waals surface area contributed by atoms with Gasteiger partial charge in [0.15, 0.2) is 11.5 Å². The van der Waals surface area contributed by atoms with Gasteiger partial charge in [0.25, 0.3) is 5.69 Å². The molecule has 0 amide bonds. The number of ether oxygens (including phenoxy) is 2. The number of hydrogen-bond acceptors (Lipinski definition) is 9. The summed E-state index contributed by atoms with van der Waals surface area (Å²) in [5.74, 6) is -2.33. The lowest BCUT2D eigenvalue weighted by Gasteiger charge is -2.34. The molecule has 0 atom stereocenters. The molecule has 218 valence electrons. The van der Waals surface area contributed by atoms with Crippen molar-refractivity contribution in [3.63, 3.8) is 0 Å². The topological polar surface area (TPSA) is 177 Å². The van der Waals surface area contributed by atoms with Crippen molar-refractivity contribution >= 4 is 27.6 Å². The van der Waals surface area contributed by atoms with Gasteiger partial charge < -0.3 is 19.7 Å². The molecule has 0 spiro atoms. The monoisotopic (exact) mass is 587 g/mol. The Balaban J connectivity index is 0.000000696. The standard InChI is InChI=1S/C25H27N3O6S.C2H2O4/c1-33-24-12-7-21(17-25(24)34-19-20-5-3-2-4-6-20)18-26-13-15-27(16-14-26)35(31,32)23-10-8-22(9-11-23)28(29)30;3-1(4)2(5)6/h2-12,17H,13-16,18-19H2,1H3;(H,3,4)(H,5,6). The number of benzene rings is 3. The number of aliphatic carboxylic acids is 2. The van der Waals surface area contributed by atoms with Crippen molar-refractivity contribution < 1.29 is 42.6 Å². The van der Waals surface area contributed by atoms with Crippen molar-refractivity contribution in [2.45, 2.75) is 18.0 Å². The normalized spacial score (nSPS) is 13.9. The van der Waals surface area contributed by atoms with Crippen molar-refractivity contribution in [2.24, 2.45) is 0 Å². The highest BCUT2D eigenvalue weighted by atomic mass is 32.2. The summed E-state index contributed by atoms with van der Waals surface area (Å²) < 4.78 is 38.8. The average Bonchev–Trinajstić information content (AvgIpc) is 2.97. The van der Waals surface area contributed by atoms with E-state index in [1.807, 2.05) is 48.5 Å². The fourth-order valence-electron chi connectivity index (χ4n) is 3.94.